The third-order valence-electron chi connectivity index (χ3n) is 4.73. The Morgan fingerprint density at radius 3 is 2.29 bits per heavy atom. The first-order valence-electron chi connectivity index (χ1n) is 9.36. The van der Waals surface area contributed by atoms with E-state index >= 15 is 0 Å². The Kier molecular flexibility index (Phi) is 7.98. The van der Waals surface area contributed by atoms with Gasteiger partial charge in [0.1, 0.15) is 11.6 Å². The molecular weight excluding hydrogens is 368 g/mol. The molecule has 1 unspecified atom stereocenters. The van der Waals surface area contributed by atoms with E-state index in [0.717, 1.165) is 0 Å². The zero-order valence-corrected chi connectivity index (χ0v) is 16.9. The van der Waals surface area contributed by atoms with Crippen LogP contribution in [0, 0.1) is 11.6 Å². The van der Waals surface area contributed by atoms with Crippen molar-refractivity contribution in [3.05, 3.63) is 35.4 Å². The minimum absolute atomic E-state index is 0.0302. The number of amides is 1. The van der Waals surface area contributed by atoms with E-state index in [9.17, 15) is 13.6 Å². The van der Waals surface area contributed by atoms with Crippen LogP contribution < -0.4 is 5.32 Å². The molecular formula is C19H29F2N5O2. The fourth-order valence-corrected chi connectivity index (χ4v) is 3.21. The lowest BCUT2D eigenvalue weighted by atomic mass is 10.0. The topological polar surface area (TPSA) is 60.4 Å². The molecule has 28 heavy (non-hydrogen) atoms. The van der Waals surface area contributed by atoms with E-state index in [-0.39, 0.29) is 18.2 Å². The highest BCUT2D eigenvalue weighted by atomic mass is 19.1. The Balaban J connectivity index is 2.00. The van der Waals surface area contributed by atoms with Crippen molar-refractivity contribution in [3.8, 4) is 0 Å². The molecule has 2 rings (SSSR count). The number of carbonyl (C=O) groups excluding carboxylic acids is 1. The summed E-state index contributed by atoms with van der Waals surface area (Å²) in [5, 5.41) is 3.21. The summed E-state index contributed by atoms with van der Waals surface area (Å²) in [5.74, 6) is -0.510. The van der Waals surface area contributed by atoms with Crippen LogP contribution >= 0.6 is 0 Å². The number of halogens is 2. The van der Waals surface area contributed by atoms with Crippen LogP contribution in [-0.2, 0) is 4.74 Å². The zero-order valence-electron chi connectivity index (χ0n) is 16.9. The molecule has 156 valence electrons. The molecule has 9 heteroatoms. The second-order valence-electron chi connectivity index (χ2n) is 6.72. The van der Waals surface area contributed by atoms with Gasteiger partial charge in [-0.05, 0) is 33.2 Å². The second kappa shape index (κ2) is 10.2. The van der Waals surface area contributed by atoms with Gasteiger partial charge < -0.3 is 24.8 Å². The van der Waals surface area contributed by atoms with Gasteiger partial charge in [0.05, 0.1) is 12.6 Å². The normalized spacial score (nSPS) is 16.3. The molecule has 1 aromatic carbocycles. The molecule has 7 nitrogen and oxygen atoms in total. The molecule has 1 heterocycles. The summed E-state index contributed by atoms with van der Waals surface area (Å²) in [4.78, 5) is 21.5. The van der Waals surface area contributed by atoms with E-state index in [4.69, 9.17) is 4.74 Å². The van der Waals surface area contributed by atoms with Crippen LogP contribution in [0.1, 0.15) is 18.5 Å². The number of rotatable bonds is 5. The minimum Gasteiger partial charge on any atom is -0.450 e. The van der Waals surface area contributed by atoms with Gasteiger partial charge in [0, 0.05) is 45.3 Å². The average molecular weight is 397 g/mol. The van der Waals surface area contributed by atoms with Gasteiger partial charge in [-0.25, -0.2) is 13.6 Å². The van der Waals surface area contributed by atoms with Crippen molar-refractivity contribution in [2.45, 2.75) is 13.0 Å². The number of piperazine rings is 1. The molecule has 0 bridgehead atoms. The van der Waals surface area contributed by atoms with Crippen LogP contribution in [0.25, 0.3) is 0 Å². The molecule has 0 aromatic heterocycles. The van der Waals surface area contributed by atoms with Crippen molar-refractivity contribution in [3.63, 3.8) is 0 Å². The van der Waals surface area contributed by atoms with Crippen LogP contribution in [0.3, 0.4) is 0 Å². The average Bonchev–Trinajstić information content (AvgIpc) is 2.67. The number of ether oxygens (including phenoxy) is 1. The van der Waals surface area contributed by atoms with Gasteiger partial charge in [0.25, 0.3) is 0 Å². The number of carbonyl (C=O) groups is 1. The molecule has 1 atom stereocenters. The van der Waals surface area contributed by atoms with Crippen LogP contribution in [0.15, 0.2) is 23.2 Å². The van der Waals surface area contributed by atoms with Crippen molar-refractivity contribution < 1.29 is 18.3 Å². The first-order valence-corrected chi connectivity index (χ1v) is 9.36. The van der Waals surface area contributed by atoms with Crippen LogP contribution in [-0.4, -0.2) is 87.2 Å². The van der Waals surface area contributed by atoms with Crippen LogP contribution in [0.2, 0.25) is 0 Å². The molecule has 1 aliphatic rings. The maximum Gasteiger partial charge on any atom is 0.409 e. The molecule has 0 radical (unpaired) electrons. The predicted octanol–water partition coefficient (Wildman–Crippen LogP) is 1.92. The molecule has 1 fully saturated rings. The number of hydrogen-bond donors (Lipinski definition) is 1. The summed E-state index contributed by atoms with van der Waals surface area (Å²) in [6.45, 7) is 4.66. The summed E-state index contributed by atoms with van der Waals surface area (Å²) in [6.07, 6.45) is -0.312. The van der Waals surface area contributed by atoms with Crippen molar-refractivity contribution >= 4 is 12.1 Å². The molecule has 0 spiro atoms. The van der Waals surface area contributed by atoms with Gasteiger partial charge in [-0.2, -0.15) is 0 Å². The van der Waals surface area contributed by atoms with E-state index in [0.29, 0.717) is 38.7 Å². The van der Waals surface area contributed by atoms with E-state index in [2.05, 4.69) is 10.3 Å². The number of nitrogens with one attached hydrogen (secondary N) is 1. The maximum atomic E-state index is 14.2. The Labute approximate surface area is 165 Å². The number of benzene rings is 1. The number of aliphatic imine (C=N–C) groups is 1. The van der Waals surface area contributed by atoms with Crippen molar-refractivity contribution in [2.24, 2.45) is 4.99 Å². The van der Waals surface area contributed by atoms with Gasteiger partial charge >= 0.3 is 6.09 Å². The smallest absolute Gasteiger partial charge is 0.409 e. The van der Waals surface area contributed by atoms with E-state index in [1.807, 2.05) is 4.90 Å². The largest absolute Gasteiger partial charge is 0.450 e. The number of hydrogen-bond acceptors (Lipinski definition) is 4. The van der Waals surface area contributed by atoms with Gasteiger partial charge in [-0.3, -0.25) is 4.99 Å². The van der Waals surface area contributed by atoms with Crippen molar-refractivity contribution in [2.75, 3.05) is 60.5 Å². The molecule has 1 amide bonds. The summed E-state index contributed by atoms with van der Waals surface area (Å²) in [5.41, 5.74) is 0.0302. The summed E-state index contributed by atoms with van der Waals surface area (Å²) < 4.78 is 33.5. The number of guanidine groups is 1. The predicted molar refractivity (Wildman–Crippen MR) is 104 cm³/mol. The molecule has 1 aromatic rings. The standard InChI is InChI=1S/C19H29F2N5O2/c1-5-28-19(27)26-11-9-25(10-12-26)18(22-2)23-13-16(24(3)4)17-14(20)7-6-8-15(17)21/h6-8,16H,5,9-13H2,1-4H3,(H,22,23). The Morgan fingerprint density at radius 2 is 1.79 bits per heavy atom. The summed E-state index contributed by atoms with van der Waals surface area (Å²) >= 11 is 0. The number of nitrogens with zero attached hydrogens (tertiary/aromatic N) is 4. The highest BCUT2D eigenvalue weighted by Gasteiger charge is 2.26. The molecule has 1 aliphatic heterocycles. The van der Waals surface area contributed by atoms with Gasteiger partial charge in [-0.15, -0.1) is 0 Å². The molecule has 0 saturated carbocycles. The summed E-state index contributed by atoms with van der Waals surface area (Å²) in [6, 6.07) is 3.38. The molecule has 1 saturated heterocycles. The van der Waals surface area contributed by atoms with Gasteiger partial charge in [-0.1, -0.05) is 6.07 Å². The third kappa shape index (κ3) is 5.31. The highest BCUT2D eigenvalue weighted by molar-refractivity contribution is 5.80. The van der Waals surface area contributed by atoms with Crippen LogP contribution in [0.4, 0.5) is 13.6 Å². The van der Waals surface area contributed by atoms with E-state index < -0.39 is 17.7 Å². The Hall–Kier alpha value is -2.42. The van der Waals surface area contributed by atoms with Crippen molar-refractivity contribution in [1.82, 2.24) is 20.0 Å². The van der Waals surface area contributed by atoms with Crippen molar-refractivity contribution in [1.29, 1.82) is 0 Å². The monoisotopic (exact) mass is 397 g/mol. The Morgan fingerprint density at radius 1 is 1.21 bits per heavy atom. The maximum absolute atomic E-state index is 14.2. The van der Waals surface area contributed by atoms with E-state index in [1.165, 1.54) is 18.2 Å². The van der Waals surface area contributed by atoms with E-state index in [1.54, 1.807) is 37.9 Å². The zero-order chi connectivity index (χ0) is 20.7. The minimum atomic E-state index is -0.571. The highest BCUT2D eigenvalue weighted by Crippen LogP contribution is 2.24. The first-order chi connectivity index (χ1) is 13.4. The Bertz CT molecular complexity index is 671. The van der Waals surface area contributed by atoms with Gasteiger partial charge in [0.2, 0.25) is 0 Å². The quantitative estimate of drug-likeness (QED) is 0.608. The van der Waals surface area contributed by atoms with Crippen LogP contribution in [0.5, 0.6) is 0 Å². The lowest BCUT2D eigenvalue weighted by Gasteiger charge is -2.36. The van der Waals surface area contributed by atoms with Gasteiger partial charge in [0.15, 0.2) is 5.96 Å². The third-order valence-corrected chi connectivity index (χ3v) is 4.73. The summed E-state index contributed by atoms with van der Waals surface area (Å²) in [7, 11) is 5.21. The molecule has 1 N–H and O–H groups in total. The lowest BCUT2D eigenvalue weighted by Crippen LogP contribution is -2.54. The lowest BCUT2D eigenvalue weighted by molar-refractivity contribution is 0.0914. The fourth-order valence-electron chi connectivity index (χ4n) is 3.21. The fraction of sp³-hybridized carbons (Fsp3) is 0.579. The second-order valence-corrected chi connectivity index (χ2v) is 6.72. The number of likely N-dealkylation sites (N-methyl/N-ethyl adjacent to an activating group) is 1. The SMILES string of the molecule is CCOC(=O)N1CCN(C(=NC)NCC(c2c(F)cccc2F)N(C)C)CC1. The first kappa shape index (κ1) is 21.9. The molecule has 0 aliphatic carbocycles.